The summed E-state index contributed by atoms with van der Waals surface area (Å²) < 4.78 is 11.3. The van der Waals surface area contributed by atoms with Crippen LogP contribution in [0.1, 0.15) is 25.8 Å². The van der Waals surface area contributed by atoms with Gasteiger partial charge in [-0.1, -0.05) is 43.3 Å². The zero-order valence-corrected chi connectivity index (χ0v) is 13.6. The molecule has 1 N–H and O–H groups in total. The van der Waals surface area contributed by atoms with Crippen LogP contribution in [0.3, 0.4) is 0 Å². The molecule has 2 aromatic rings. The van der Waals surface area contributed by atoms with E-state index in [1.54, 1.807) is 0 Å². The van der Waals surface area contributed by atoms with Gasteiger partial charge in [0.15, 0.2) is 6.10 Å². The lowest BCUT2D eigenvalue weighted by Gasteiger charge is -2.18. The second-order valence-corrected chi connectivity index (χ2v) is 5.09. The average Bonchev–Trinajstić information content (AvgIpc) is 2.60. The van der Waals surface area contributed by atoms with Gasteiger partial charge < -0.3 is 14.8 Å². The van der Waals surface area contributed by atoms with E-state index in [1.165, 1.54) is 0 Å². The van der Waals surface area contributed by atoms with Crippen molar-refractivity contribution in [1.82, 2.24) is 5.32 Å². The fraction of sp³-hybridized carbons (Fsp3) is 0.316. The number of rotatable bonds is 8. The molecule has 4 nitrogen and oxygen atoms in total. The summed E-state index contributed by atoms with van der Waals surface area (Å²) in [6, 6.07) is 17.1. The third-order valence-electron chi connectivity index (χ3n) is 3.41. The zero-order chi connectivity index (χ0) is 16.5. The molecule has 0 heterocycles. The third kappa shape index (κ3) is 5.02. The van der Waals surface area contributed by atoms with Crippen molar-refractivity contribution in [2.45, 2.75) is 32.9 Å². The molecule has 1 unspecified atom stereocenters. The van der Waals surface area contributed by atoms with E-state index in [1.807, 2.05) is 68.4 Å². The summed E-state index contributed by atoms with van der Waals surface area (Å²) >= 11 is 0. The van der Waals surface area contributed by atoms with Crippen molar-refractivity contribution in [2.75, 3.05) is 6.61 Å². The van der Waals surface area contributed by atoms with Gasteiger partial charge in [0.1, 0.15) is 11.5 Å². The highest BCUT2D eigenvalue weighted by molar-refractivity contribution is 5.81. The summed E-state index contributed by atoms with van der Waals surface area (Å²) in [6.07, 6.45) is 0.102. The van der Waals surface area contributed by atoms with Crippen LogP contribution in [-0.4, -0.2) is 18.6 Å². The van der Waals surface area contributed by atoms with Gasteiger partial charge in [0.05, 0.1) is 6.61 Å². The van der Waals surface area contributed by atoms with Crippen LogP contribution in [-0.2, 0) is 11.3 Å². The summed E-state index contributed by atoms with van der Waals surface area (Å²) in [5, 5.41) is 2.93. The fourth-order valence-corrected chi connectivity index (χ4v) is 2.23. The Hall–Kier alpha value is -2.49. The molecule has 0 radical (unpaired) electrons. The molecule has 122 valence electrons. The second-order valence-electron chi connectivity index (χ2n) is 5.09. The number of nitrogens with one attached hydrogen (secondary N) is 1. The maximum absolute atomic E-state index is 12.3. The maximum Gasteiger partial charge on any atom is 0.261 e. The third-order valence-corrected chi connectivity index (χ3v) is 3.41. The molecule has 0 fully saturated rings. The first-order chi connectivity index (χ1) is 11.2. The summed E-state index contributed by atoms with van der Waals surface area (Å²) in [5.74, 6) is 1.37. The highest BCUT2D eigenvalue weighted by atomic mass is 16.5. The molecule has 4 heteroatoms. The lowest BCUT2D eigenvalue weighted by atomic mass is 10.2. The molecule has 1 amide bonds. The van der Waals surface area contributed by atoms with E-state index in [-0.39, 0.29) is 5.91 Å². The van der Waals surface area contributed by atoms with Gasteiger partial charge in [-0.2, -0.15) is 0 Å². The highest BCUT2D eigenvalue weighted by Crippen LogP contribution is 2.18. The van der Waals surface area contributed by atoms with Crippen LogP contribution in [0.4, 0.5) is 0 Å². The minimum atomic E-state index is -0.503. The quantitative estimate of drug-likeness (QED) is 0.810. The van der Waals surface area contributed by atoms with Crippen LogP contribution in [0.15, 0.2) is 54.6 Å². The van der Waals surface area contributed by atoms with Crippen LogP contribution in [0.25, 0.3) is 0 Å². The summed E-state index contributed by atoms with van der Waals surface area (Å²) in [5.41, 5.74) is 0.956. The summed E-state index contributed by atoms with van der Waals surface area (Å²) in [4.78, 5) is 12.3. The zero-order valence-electron chi connectivity index (χ0n) is 13.6. The molecule has 0 aromatic heterocycles. The largest absolute Gasteiger partial charge is 0.494 e. The van der Waals surface area contributed by atoms with Crippen molar-refractivity contribution in [3.63, 3.8) is 0 Å². The smallest absolute Gasteiger partial charge is 0.261 e. The number of hydrogen-bond donors (Lipinski definition) is 1. The van der Waals surface area contributed by atoms with Crippen LogP contribution in [0.5, 0.6) is 11.5 Å². The Morgan fingerprint density at radius 1 is 1.04 bits per heavy atom. The Labute approximate surface area is 137 Å². The second kappa shape index (κ2) is 8.83. The van der Waals surface area contributed by atoms with Gasteiger partial charge in [0.25, 0.3) is 5.91 Å². The molecule has 0 aliphatic rings. The lowest BCUT2D eigenvalue weighted by molar-refractivity contribution is -0.128. The number of para-hydroxylation sites is 2. The van der Waals surface area contributed by atoms with Gasteiger partial charge in [-0.15, -0.1) is 0 Å². The topological polar surface area (TPSA) is 47.6 Å². The fourth-order valence-electron chi connectivity index (χ4n) is 2.23. The molecule has 0 spiro atoms. The number of benzene rings is 2. The lowest BCUT2D eigenvalue weighted by Crippen LogP contribution is -2.37. The minimum Gasteiger partial charge on any atom is -0.494 e. The first-order valence-electron chi connectivity index (χ1n) is 7.94. The molecule has 0 saturated heterocycles. The Bertz CT molecular complexity index is 613. The van der Waals surface area contributed by atoms with Gasteiger partial charge >= 0.3 is 0 Å². The van der Waals surface area contributed by atoms with E-state index >= 15 is 0 Å². The van der Waals surface area contributed by atoms with Crippen LogP contribution >= 0.6 is 0 Å². The predicted octanol–water partition coefficient (Wildman–Crippen LogP) is 3.56. The van der Waals surface area contributed by atoms with Gasteiger partial charge in [0, 0.05) is 12.1 Å². The van der Waals surface area contributed by atoms with Crippen LogP contribution < -0.4 is 14.8 Å². The monoisotopic (exact) mass is 313 g/mol. The minimum absolute atomic E-state index is 0.123. The normalized spacial score (nSPS) is 11.6. The van der Waals surface area contributed by atoms with Crippen molar-refractivity contribution in [1.29, 1.82) is 0 Å². The van der Waals surface area contributed by atoms with Gasteiger partial charge in [-0.05, 0) is 31.5 Å². The van der Waals surface area contributed by atoms with Crippen molar-refractivity contribution in [3.05, 3.63) is 60.2 Å². The standard InChI is InChI=1S/C19H23NO3/c1-3-17(23-16-11-6-5-7-12-16)19(21)20-14-15-10-8-9-13-18(15)22-4-2/h5-13,17H,3-4,14H2,1-2H3,(H,20,21). The molecule has 0 aliphatic heterocycles. The van der Waals surface area contributed by atoms with Gasteiger partial charge in [-0.3, -0.25) is 4.79 Å². The Morgan fingerprint density at radius 2 is 1.74 bits per heavy atom. The Balaban J connectivity index is 1.95. The van der Waals surface area contributed by atoms with Crippen LogP contribution in [0.2, 0.25) is 0 Å². The maximum atomic E-state index is 12.3. The molecule has 0 saturated carbocycles. The SMILES string of the molecule is CCOc1ccccc1CNC(=O)C(CC)Oc1ccccc1. The van der Waals surface area contributed by atoms with Crippen molar-refractivity contribution in [2.24, 2.45) is 0 Å². The summed E-state index contributed by atoms with van der Waals surface area (Å²) in [7, 11) is 0. The summed E-state index contributed by atoms with van der Waals surface area (Å²) in [6.45, 7) is 4.89. The average molecular weight is 313 g/mol. The molecular formula is C19H23NO3. The number of carbonyl (C=O) groups excluding carboxylic acids is 1. The van der Waals surface area contributed by atoms with Crippen molar-refractivity contribution in [3.8, 4) is 11.5 Å². The predicted molar refractivity (Wildman–Crippen MR) is 90.6 cm³/mol. The molecule has 0 aliphatic carbocycles. The molecule has 2 rings (SSSR count). The van der Waals surface area contributed by atoms with E-state index in [4.69, 9.17) is 9.47 Å². The first kappa shape index (κ1) is 16.9. The molecule has 2 aromatic carbocycles. The number of amides is 1. The molecular weight excluding hydrogens is 290 g/mol. The number of carbonyl (C=O) groups is 1. The van der Waals surface area contributed by atoms with E-state index in [9.17, 15) is 4.79 Å². The van der Waals surface area contributed by atoms with E-state index in [2.05, 4.69) is 5.32 Å². The van der Waals surface area contributed by atoms with E-state index in [0.29, 0.717) is 25.3 Å². The van der Waals surface area contributed by atoms with Crippen molar-refractivity contribution < 1.29 is 14.3 Å². The van der Waals surface area contributed by atoms with Crippen molar-refractivity contribution >= 4 is 5.91 Å². The van der Waals surface area contributed by atoms with Crippen LogP contribution in [0, 0.1) is 0 Å². The number of hydrogen-bond acceptors (Lipinski definition) is 3. The number of ether oxygens (including phenoxy) is 2. The molecule has 0 bridgehead atoms. The van der Waals surface area contributed by atoms with Gasteiger partial charge in [-0.25, -0.2) is 0 Å². The Kier molecular flexibility index (Phi) is 6.48. The highest BCUT2D eigenvalue weighted by Gasteiger charge is 2.18. The first-order valence-corrected chi connectivity index (χ1v) is 7.94. The molecule has 1 atom stereocenters. The molecule has 23 heavy (non-hydrogen) atoms. The van der Waals surface area contributed by atoms with Gasteiger partial charge in [0.2, 0.25) is 0 Å². The van der Waals surface area contributed by atoms with E-state index < -0.39 is 6.10 Å². The Morgan fingerprint density at radius 3 is 2.43 bits per heavy atom. The van der Waals surface area contributed by atoms with E-state index in [0.717, 1.165) is 11.3 Å².